The zero-order valence-corrected chi connectivity index (χ0v) is 10.6. The summed E-state index contributed by atoms with van der Waals surface area (Å²) in [4.78, 5) is 2.15. The van der Waals surface area contributed by atoms with Gasteiger partial charge in [0.1, 0.15) is 6.23 Å². The Kier molecular flexibility index (Phi) is 3.37. The van der Waals surface area contributed by atoms with E-state index < -0.39 is 6.23 Å². The van der Waals surface area contributed by atoms with Crippen molar-refractivity contribution in [2.75, 3.05) is 6.61 Å². The Labute approximate surface area is 108 Å². The first kappa shape index (κ1) is 12.2. The van der Waals surface area contributed by atoms with Crippen LogP contribution in [0, 0.1) is 5.92 Å². The van der Waals surface area contributed by atoms with Crippen molar-refractivity contribution in [2.45, 2.75) is 44.0 Å². The van der Waals surface area contributed by atoms with Gasteiger partial charge in [-0.15, -0.1) is 0 Å². The van der Waals surface area contributed by atoms with Crippen molar-refractivity contribution in [2.24, 2.45) is 5.92 Å². The fourth-order valence-corrected chi connectivity index (χ4v) is 3.78. The molecule has 0 spiro atoms. The topological polar surface area (TPSA) is 43.7 Å². The fourth-order valence-electron chi connectivity index (χ4n) is 3.78. The van der Waals surface area contributed by atoms with Crippen LogP contribution in [0.3, 0.4) is 0 Å². The molecule has 3 heteroatoms. The number of nitrogens with zero attached hydrogens (tertiary/aromatic N) is 1. The summed E-state index contributed by atoms with van der Waals surface area (Å²) in [6, 6.07) is 10.4. The molecule has 0 amide bonds. The molecule has 2 fully saturated rings. The van der Waals surface area contributed by atoms with Crippen molar-refractivity contribution in [1.29, 1.82) is 0 Å². The van der Waals surface area contributed by atoms with Crippen molar-refractivity contribution in [3.63, 3.8) is 0 Å². The number of rotatable bonds is 3. The van der Waals surface area contributed by atoms with Gasteiger partial charge in [-0.2, -0.15) is 0 Å². The van der Waals surface area contributed by atoms with Crippen LogP contribution in [0.4, 0.5) is 0 Å². The van der Waals surface area contributed by atoms with Gasteiger partial charge in [0.15, 0.2) is 0 Å². The van der Waals surface area contributed by atoms with Gasteiger partial charge in [-0.1, -0.05) is 36.8 Å². The normalized spacial score (nSPS) is 33.6. The Hall–Kier alpha value is -0.900. The molecule has 1 heterocycles. The molecule has 4 atom stereocenters. The van der Waals surface area contributed by atoms with Crippen LogP contribution in [-0.4, -0.2) is 34.0 Å². The second-order valence-corrected chi connectivity index (χ2v) is 5.53. The lowest BCUT2D eigenvalue weighted by atomic mass is 10.0. The molecule has 1 aliphatic carbocycles. The van der Waals surface area contributed by atoms with Crippen molar-refractivity contribution in [3.8, 4) is 0 Å². The Morgan fingerprint density at radius 2 is 2.00 bits per heavy atom. The van der Waals surface area contributed by atoms with Gasteiger partial charge in [0.05, 0.1) is 12.6 Å². The third kappa shape index (κ3) is 1.96. The van der Waals surface area contributed by atoms with Crippen molar-refractivity contribution < 1.29 is 10.2 Å². The summed E-state index contributed by atoms with van der Waals surface area (Å²) in [5.74, 6) is 0.623. The summed E-state index contributed by atoms with van der Waals surface area (Å²) in [5, 5.41) is 20.0. The lowest BCUT2D eigenvalue weighted by Crippen LogP contribution is -2.40. The molecule has 98 valence electrons. The molecule has 4 unspecified atom stereocenters. The molecule has 2 aliphatic rings. The molecule has 3 nitrogen and oxygen atoms in total. The molecule has 0 bridgehead atoms. The highest BCUT2D eigenvalue weighted by molar-refractivity contribution is 5.20. The van der Waals surface area contributed by atoms with Crippen LogP contribution >= 0.6 is 0 Å². The minimum absolute atomic E-state index is 0.0608. The highest BCUT2D eigenvalue weighted by Gasteiger charge is 2.45. The summed E-state index contributed by atoms with van der Waals surface area (Å²) >= 11 is 0. The first-order valence-electron chi connectivity index (χ1n) is 6.92. The predicted molar refractivity (Wildman–Crippen MR) is 69.9 cm³/mol. The fraction of sp³-hybridized carbons (Fsp3) is 0.600. The first-order valence-corrected chi connectivity index (χ1v) is 6.92. The molecule has 18 heavy (non-hydrogen) atoms. The van der Waals surface area contributed by atoms with Crippen LogP contribution in [0.2, 0.25) is 0 Å². The number of aliphatic hydroxyl groups is 2. The van der Waals surface area contributed by atoms with E-state index in [1.165, 1.54) is 12.8 Å². The van der Waals surface area contributed by atoms with Crippen molar-refractivity contribution in [1.82, 2.24) is 4.90 Å². The molecular weight excluding hydrogens is 226 g/mol. The number of hydrogen-bond acceptors (Lipinski definition) is 3. The van der Waals surface area contributed by atoms with Crippen LogP contribution in [0.15, 0.2) is 30.3 Å². The standard InChI is InChI=1S/C15H21NO2/c17-10-14(11-5-2-1-3-6-11)16-13-8-4-7-12(13)9-15(16)18/h1-3,5-6,12-15,17-18H,4,7-10H2. The van der Waals surface area contributed by atoms with E-state index >= 15 is 0 Å². The lowest BCUT2D eigenvalue weighted by Gasteiger charge is -2.34. The quantitative estimate of drug-likeness (QED) is 0.857. The Balaban J connectivity index is 1.87. The Morgan fingerprint density at radius 3 is 2.72 bits per heavy atom. The van der Waals surface area contributed by atoms with Gasteiger partial charge in [0.2, 0.25) is 0 Å². The van der Waals surface area contributed by atoms with Crippen LogP contribution in [0.25, 0.3) is 0 Å². The van der Waals surface area contributed by atoms with Gasteiger partial charge in [-0.05, 0) is 30.7 Å². The van der Waals surface area contributed by atoms with Crippen LogP contribution in [-0.2, 0) is 0 Å². The van der Waals surface area contributed by atoms with Crippen molar-refractivity contribution in [3.05, 3.63) is 35.9 Å². The van der Waals surface area contributed by atoms with E-state index in [0.29, 0.717) is 12.0 Å². The van der Waals surface area contributed by atoms with E-state index in [2.05, 4.69) is 4.90 Å². The van der Waals surface area contributed by atoms with Gasteiger partial charge in [0.25, 0.3) is 0 Å². The Morgan fingerprint density at radius 1 is 1.22 bits per heavy atom. The summed E-state index contributed by atoms with van der Waals surface area (Å²) in [7, 11) is 0. The highest BCUT2D eigenvalue weighted by atomic mass is 16.3. The third-order valence-corrected chi connectivity index (χ3v) is 4.58. The maximum absolute atomic E-state index is 10.3. The first-order chi connectivity index (χ1) is 8.81. The zero-order chi connectivity index (χ0) is 12.5. The SMILES string of the molecule is OCC(c1ccccc1)N1C(O)CC2CCCC21. The molecule has 1 saturated carbocycles. The average molecular weight is 247 g/mol. The monoisotopic (exact) mass is 247 g/mol. The van der Waals surface area contributed by atoms with E-state index in [4.69, 9.17) is 0 Å². The van der Waals surface area contributed by atoms with E-state index in [1.807, 2.05) is 30.3 Å². The van der Waals surface area contributed by atoms with Gasteiger partial charge >= 0.3 is 0 Å². The summed E-state index contributed by atoms with van der Waals surface area (Å²) < 4.78 is 0. The minimum atomic E-state index is -0.391. The molecule has 0 aromatic heterocycles. The number of fused-ring (bicyclic) bond motifs is 1. The summed E-state index contributed by atoms with van der Waals surface area (Å²) in [6.45, 7) is 0.0737. The second kappa shape index (κ2) is 5.00. The molecule has 2 N–H and O–H groups in total. The van der Waals surface area contributed by atoms with Gasteiger partial charge in [-0.3, -0.25) is 4.90 Å². The largest absolute Gasteiger partial charge is 0.394 e. The van der Waals surface area contributed by atoms with E-state index in [1.54, 1.807) is 0 Å². The highest BCUT2D eigenvalue weighted by Crippen LogP contribution is 2.44. The molecule has 1 aromatic carbocycles. The summed E-state index contributed by atoms with van der Waals surface area (Å²) in [5.41, 5.74) is 1.10. The number of benzene rings is 1. The van der Waals surface area contributed by atoms with Crippen molar-refractivity contribution >= 4 is 0 Å². The number of likely N-dealkylation sites (tertiary alicyclic amines) is 1. The van der Waals surface area contributed by atoms with E-state index in [0.717, 1.165) is 18.4 Å². The Bertz CT molecular complexity index is 395. The molecule has 1 saturated heterocycles. The molecular formula is C15H21NO2. The summed E-state index contributed by atoms with van der Waals surface area (Å²) in [6.07, 6.45) is 4.12. The van der Waals surface area contributed by atoms with Gasteiger partial charge in [-0.25, -0.2) is 0 Å². The second-order valence-electron chi connectivity index (χ2n) is 5.53. The lowest BCUT2D eigenvalue weighted by molar-refractivity contribution is -0.0317. The van der Waals surface area contributed by atoms with Crippen LogP contribution in [0.1, 0.15) is 37.3 Å². The van der Waals surface area contributed by atoms with E-state index in [9.17, 15) is 10.2 Å². The molecule has 1 aliphatic heterocycles. The van der Waals surface area contributed by atoms with Gasteiger partial charge < -0.3 is 10.2 Å². The average Bonchev–Trinajstić information content (AvgIpc) is 2.94. The molecule has 3 rings (SSSR count). The minimum Gasteiger partial charge on any atom is -0.394 e. The third-order valence-electron chi connectivity index (χ3n) is 4.58. The van der Waals surface area contributed by atoms with Crippen LogP contribution < -0.4 is 0 Å². The van der Waals surface area contributed by atoms with Gasteiger partial charge in [0, 0.05) is 6.04 Å². The maximum Gasteiger partial charge on any atom is 0.108 e. The number of aliphatic hydroxyl groups excluding tert-OH is 2. The number of hydrogen-bond donors (Lipinski definition) is 2. The molecule has 0 radical (unpaired) electrons. The zero-order valence-electron chi connectivity index (χ0n) is 10.6. The van der Waals surface area contributed by atoms with E-state index in [-0.39, 0.29) is 12.6 Å². The molecule has 1 aromatic rings. The predicted octanol–water partition coefficient (Wildman–Crippen LogP) is 1.91. The smallest absolute Gasteiger partial charge is 0.108 e. The maximum atomic E-state index is 10.3. The van der Waals surface area contributed by atoms with Crippen LogP contribution in [0.5, 0.6) is 0 Å².